The lowest BCUT2D eigenvalue weighted by atomic mass is 10.00. The lowest BCUT2D eigenvalue weighted by Crippen LogP contribution is -2.34. The fourth-order valence-corrected chi connectivity index (χ4v) is 2.53. The molecule has 0 aromatic heterocycles. The average Bonchev–Trinajstić information content (AvgIpc) is 3.22. The van der Waals surface area contributed by atoms with Crippen LogP contribution in [0, 0.1) is 5.92 Å². The van der Waals surface area contributed by atoms with Gasteiger partial charge >= 0.3 is 6.09 Å². The molecule has 0 saturated heterocycles. The van der Waals surface area contributed by atoms with Gasteiger partial charge in [0, 0.05) is 13.1 Å². The maximum absolute atomic E-state index is 10.9. The lowest BCUT2D eigenvalue weighted by Gasteiger charge is -2.26. The van der Waals surface area contributed by atoms with Gasteiger partial charge in [-0.3, -0.25) is 0 Å². The molecule has 0 atom stereocenters. The van der Waals surface area contributed by atoms with Gasteiger partial charge in [-0.2, -0.15) is 0 Å². The van der Waals surface area contributed by atoms with Gasteiger partial charge < -0.3 is 14.7 Å². The number of nitrogens with zero attached hydrogens (tertiary/aromatic N) is 1. The molecular weight excluding hydrogens is 242 g/mol. The SMILES string of the molecule is O=C(O)N1CCc2cc(OCCC3CC3)ccc2C1. The van der Waals surface area contributed by atoms with Gasteiger partial charge in [-0.25, -0.2) is 4.79 Å². The van der Waals surface area contributed by atoms with Crippen LogP contribution in [0.2, 0.25) is 0 Å². The molecule has 19 heavy (non-hydrogen) atoms. The molecule has 1 saturated carbocycles. The third-order valence-electron chi connectivity index (χ3n) is 3.95. The molecule has 1 aliphatic heterocycles. The molecular formula is C15H19NO3. The minimum absolute atomic E-state index is 0.493. The van der Waals surface area contributed by atoms with Crippen LogP contribution in [0.25, 0.3) is 0 Å². The third kappa shape index (κ3) is 3.00. The number of hydrogen-bond donors (Lipinski definition) is 1. The molecule has 0 unspecified atom stereocenters. The summed E-state index contributed by atoms with van der Waals surface area (Å²) in [5.41, 5.74) is 2.32. The molecule has 0 spiro atoms. The van der Waals surface area contributed by atoms with Gasteiger partial charge in [0.15, 0.2) is 0 Å². The zero-order chi connectivity index (χ0) is 13.2. The van der Waals surface area contributed by atoms with E-state index in [0.29, 0.717) is 13.1 Å². The Balaban J connectivity index is 1.61. The van der Waals surface area contributed by atoms with Crippen LogP contribution in [0.4, 0.5) is 4.79 Å². The van der Waals surface area contributed by atoms with E-state index in [4.69, 9.17) is 9.84 Å². The van der Waals surface area contributed by atoms with Gasteiger partial charge in [0.25, 0.3) is 0 Å². The Labute approximate surface area is 113 Å². The molecule has 4 nitrogen and oxygen atoms in total. The first-order chi connectivity index (χ1) is 9.22. The van der Waals surface area contributed by atoms with Crippen LogP contribution in [-0.4, -0.2) is 29.3 Å². The van der Waals surface area contributed by atoms with Crippen LogP contribution in [0.15, 0.2) is 18.2 Å². The average molecular weight is 261 g/mol. The molecule has 0 bridgehead atoms. The van der Waals surface area contributed by atoms with Gasteiger partial charge in [0.1, 0.15) is 5.75 Å². The Hall–Kier alpha value is -1.71. The summed E-state index contributed by atoms with van der Waals surface area (Å²) >= 11 is 0. The van der Waals surface area contributed by atoms with E-state index < -0.39 is 6.09 Å². The minimum atomic E-state index is -0.838. The topological polar surface area (TPSA) is 49.8 Å². The highest BCUT2D eigenvalue weighted by Gasteiger charge is 2.22. The Kier molecular flexibility index (Phi) is 3.32. The van der Waals surface area contributed by atoms with Crippen LogP contribution in [-0.2, 0) is 13.0 Å². The van der Waals surface area contributed by atoms with E-state index in [1.54, 1.807) is 0 Å². The van der Waals surface area contributed by atoms with Gasteiger partial charge in [0.2, 0.25) is 0 Å². The van der Waals surface area contributed by atoms with E-state index in [0.717, 1.165) is 36.7 Å². The molecule has 1 fully saturated rings. The molecule has 102 valence electrons. The maximum Gasteiger partial charge on any atom is 0.407 e. The number of carbonyl (C=O) groups is 1. The van der Waals surface area contributed by atoms with Crippen LogP contribution >= 0.6 is 0 Å². The Morgan fingerprint density at radius 1 is 1.37 bits per heavy atom. The molecule has 4 heteroatoms. The number of fused-ring (bicyclic) bond motifs is 1. The first-order valence-corrected chi connectivity index (χ1v) is 6.95. The largest absolute Gasteiger partial charge is 0.494 e. The fraction of sp³-hybridized carbons (Fsp3) is 0.533. The number of hydrogen-bond acceptors (Lipinski definition) is 2. The van der Waals surface area contributed by atoms with Crippen molar-refractivity contribution < 1.29 is 14.6 Å². The van der Waals surface area contributed by atoms with E-state index in [-0.39, 0.29) is 0 Å². The maximum atomic E-state index is 10.9. The van der Waals surface area contributed by atoms with E-state index in [2.05, 4.69) is 6.07 Å². The molecule has 1 heterocycles. The Morgan fingerprint density at radius 2 is 2.21 bits per heavy atom. The summed E-state index contributed by atoms with van der Waals surface area (Å²) in [6.45, 7) is 1.87. The van der Waals surface area contributed by atoms with Crippen molar-refractivity contribution in [3.05, 3.63) is 29.3 Å². The number of rotatable bonds is 4. The summed E-state index contributed by atoms with van der Waals surface area (Å²) in [6.07, 6.45) is 3.82. The Morgan fingerprint density at radius 3 is 2.95 bits per heavy atom. The van der Waals surface area contributed by atoms with Gasteiger partial charge in [0.05, 0.1) is 6.61 Å². The Bertz CT molecular complexity index is 482. The molecule has 3 rings (SSSR count). The van der Waals surface area contributed by atoms with E-state index in [1.807, 2.05) is 12.1 Å². The first-order valence-electron chi connectivity index (χ1n) is 6.95. The molecule has 2 aliphatic rings. The van der Waals surface area contributed by atoms with Crippen molar-refractivity contribution in [2.75, 3.05) is 13.2 Å². The van der Waals surface area contributed by atoms with E-state index >= 15 is 0 Å². The highest BCUT2D eigenvalue weighted by atomic mass is 16.5. The summed E-state index contributed by atoms with van der Waals surface area (Å²) in [5, 5.41) is 8.99. The minimum Gasteiger partial charge on any atom is -0.494 e. The second-order valence-electron chi connectivity index (χ2n) is 5.47. The van der Waals surface area contributed by atoms with Crippen molar-refractivity contribution in [2.45, 2.75) is 32.2 Å². The molecule has 1 amide bonds. The highest BCUT2D eigenvalue weighted by molar-refractivity contribution is 5.65. The lowest BCUT2D eigenvalue weighted by molar-refractivity contribution is 0.140. The van der Waals surface area contributed by atoms with Crippen molar-refractivity contribution in [1.82, 2.24) is 4.90 Å². The molecule has 1 aromatic rings. The van der Waals surface area contributed by atoms with Crippen LogP contribution < -0.4 is 4.74 Å². The predicted octanol–water partition coefficient (Wildman–Crippen LogP) is 2.90. The monoisotopic (exact) mass is 261 g/mol. The normalized spacial score (nSPS) is 18.0. The van der Waals surface area contributed by atoms with Crippen LogP contribution in [0.1, 0.15) is 30.4 Å². The summed E-state index contributed by atoms with van der Waals surface area (Å²) in [4.78, 5) is 12.4. The predicted molar refractivity (Wildman–Crippen MR) is 71.4 cm³/mol. The van der Waals surface area contributed by atoms with E-state index in [9.17, 15) is 4.79 Å². The first kappa shape index (κ1) is 12.3. The van der Waals surface area contributed by atoms with Crippen molar-refractivity contribution in [1.29, 1.82) is 0 Å². The molecule has 1 N–H and O–H groups in total. The standard InChI is InChI=1S/C15H19NO3/c17-15(18)16-7-5-12-9-14(4-3-13(12)10-16)19-8-6-11-1-2-11/h3-4,9,11H,1-2,5-8,10H2,(H,17,18). The van der Waals surface area contributed by atoms with Crippen molar-refractivity contribution >= 4 is 6.09 Å². The van der Waals surface area contributed by atoms with Crippen LogP contribution in [0.5, 0.6) is 5.75 Å². The number of benzene rings is 1. The van der Waals surface area contributed by atoms with E-state index in [1.165, 1.54) is 23.3 Å². The number of carboxylic acid groups (broad SMARTS) is 1. The summed E-state index contributed by atoms with van der Waals surface area (Å²) in [5.74, 6) is 1.81. The summed E-state index contributed by atoms with van der Waals surface area (Å²) < 4.78 is 5.77. The van der Waals surface area contributed by atoms with Crippen molar-refractivity contribution in [3.8, 4) is 5.75 Å². The number of ether oxygens (including phenoxy) is 1. The molecule has 0 radical (unpaired) electrons. The second kappa shape index (κ2) is 5.11. The second-order valence-corrected chi connectivity index (χ2v) is 5.47. The summed E-state index contributed by atoms with van der Waals surface area (Å²) in [7, 11) is 0. The highest BCUT2D eigenvalue weighted by Crippen LogP contribution is 2.32. The molecule has 1 aliphatic carbocycles. The van der Waals surface area contributed by atoms with Crippen molar-refractivity contribution in [3.63, 3.8) is 0 Å². The van der Waals surface area contributed by atoms with Gasteiger partial charge in [-0.15, -0.1) is 0 Å². The quantitative estimate of drug-likeness (QED) is 0.906. The number of amides is 1. The third-order valence-corrected chi connectivity index (χ3v) is 3.95. The fourth-order valence-electron chi connectivity index (χ4n) is 2.53. The van der Waals surface area contributed by atoms with Gasteiger partial charge in [-0.05, 0) is 42.0 Å². The summed E-state index contributed by atoms with van der Waals surface area (Å²) in [6, 6.07) is 6.02. The molecule has 1 aromatic carbocycles. The zero-order valence-electron chi connectivity index (χ0n) is 11.0. The van der Waals surface area contributed by atoms with Crippen LogP contribution in [0.3, 0.4) is 0 Å². The van der Waals surface area contributed by atoms with Gasteiger partial charge in [-0.1, -0.05) is 18.9 Å². The zero-order valence-corrected chi connectivity index (χ0v) is 11.0. The smallest absolute Gasteiger partial charge is 0.407 e. The van der Waals surface area contributed by atoms with Crippen molar-refractivity contribution in [2.24, 2.45) is 5.92 Å².